The number of aliphatic hydroxyl groups is 1. The Morgan fingerprint density at radius 2 is 1.92 bits per heavy atom. The summed E-state index contributed by atoms with van der Waals surface area (Å²) in [6, 6.07) is 17.3. The van der Waals surface area contributed by atoms with Crippen LogP contribution in [0.4, 0.5) is 5.69 Å². The molecule has 26 heavy (non-hydrogen) atoms. The second kappa shape index (κ2) is 8.34. The molecule has 0 bridgehead atoms. The van der Waals surface area contributed by atoms with Crippen molar-refractivity contribution < 1.29 is 9.90 Å². The van der Waals surface area contributed by atoms with Crippen molar-refractivity contribution in [2.75, 3.05) is 25.4 Å². The number of nitrogens with zero attached hydrogens (tertiary/aromatic N) is 1. The summed E-state index contributed by atoms with van der Waals surface area (Å²) in [5.41, 5.74) is 8.57. The van der Waals surface area contributed by atoms with Crippen LogP contribution < -0.4 is 11.1 Å². The van der Waals surface area contributed by atoms with E-state index in [-0.39, 0.29) is 24.0 Å². The second-order valence-electron chi connectivity index (χ2n) is 7.02. The van der Waals surface area contributed by atoms with Crippen LogP contribution in [0.1, 0.15) is 36.4 Å². The van der Waals surface area contributed by atoms with Crippen LogP contribution in [0.3, 0.4) is 0 Å². The summed E-state index contributed by atoms with van der Waals surface area (Å²) in [6.45, 7) is 4.06. The van der Waals surface area contributed by atoms with Gasteiger partial charge in [-0.25, -0.2) is 0 Å². The number of nitrogens with one attached hydrogen (secondary N) is 1. The molecule has 3 rings (SSSR count). The highest BCUT2D eigenvalue weighted by molar-refractivity contribution is 5.85. The van der Waals surface area contributed by atoms with Gasteiger partial charge in [0, 0.05) is 25.3 Å². The van der Waals surface area contributed by atoms with Crippen molar-refractivity contribution in [2.45, 2.75) is 31.4 Å². The highest BCUT2D eigenvalue weighted by atomic mass is 16.3. The van der Waals surface area contributed by atoms with E-state index in [0.717, 1.165) is 24.1 Å². The molecule has 0 aliphatic carbocycles. The van der Waals surface area contributed by atoms with E-state index in [1.165, 1.54) is 0 Å². The highest BCUT2D eigenvalue weighted by Gasteiger charge is 2.26. The van der Waals surface area contributed by atoms with Crippen LogP contribution in [0.2, 0.25) is 0 Å². The van der Waals surface area contributed by atoms with Crippen molar-refractivity contribution in [1.82, 2.24) is 10.2 Å². The van der Waals surface area contributed by atoms with Crippen LogP contribution in [0.15, 0.2) is 54.6 Å². The normalized spacial score (nSPS) is 19.8. The largest absolute Gasteiger partial charge is 0.398 e. The molecule has 1 aliphatic heterocycles. The average Bonchev–Trinajstić information content (AvgIpc) is 3.06. The summed E-state index contributed by atoms with van der Waals surface area (Å²) in [6.07, 6.45) is 0.511. The summed E-state index contributed by atoms with van der Waals surface area (Å²) in [4.78, 5) is 15.1. The molecule has 138 valence electrons. The fourth-order valence-corrected chi connectivity index (χ4v) is 3.50. The van der Waals surface area contributed by atoms with Crippen molar-refractivity contribution in [3.05, 3.63) is 65.7 Å². The number of nitrogen functional groups attached to an aromatic ring is 1. The van der Waals surface area contributed by atoms with Gasteiger partial charge in [-0.15, -0.1) is 0 Å². The number of carbonyl (C=O) groups is 1. The third-order valence-electron chi connectivity index (χ3n) is 5.06. The number of likely N-dealkylation sites (tertiary alicyclic amines) is 1. The number of β-amino-alcohol motifs (C(OH)–C–C–N with tert-alkyl or cyclic N) is 1. The Balaban J connectivity index is 1.74. The van der Waals surface area contributed by atoms with E-state index in [1.807, 2.05) is 61.5 Å². The Hall–Kier alpha value is -2.37. The molecule has 0 radical (unpaired) electrons. The quantitative estimate of drug-likeness (QED) is 0.696. The molecule has 5 heteroatoms. The van der Waals surface area contributed by atoms with Crippen molar-refractivity contribution in [3.63, 3.8) is 0 Å². The van der Waals surface area contributed by atoms with Crippen LogP contribution >= 0.6 is 0 Å². The number of aliphatic hydroxyl groups excluding tert-OH is 1. The molecule has 5 nitrogen and oxygen atoms in total. The maximum atomic E-state index is 12.9. The van der Waals surface area contributed by atoms with Crippen molar-refractivity contribution in [2.24, 2.45) is 0 Å². The zero-order chi connectivity index (χ0) is 18.5. The molecule has 1 aliphatic rings. The summed E-state index contributed by atoms with van der Waals surface area (Å²) >= 11 is 0. The minimum atomic E-state index is -0.327. The minimum absolute atomic E-state index is 0.0449. The number of benzene rings is 2. The van der Waals surface area contributed by atoms with E-state index in [9.17, 15) is 9.90 Å². The fraction of sp³-hybridized carbons (Fsp3) is 0.381. The Bertz CT molecular complexity index is 735. The van der Waals surface area contributed by atoms with Crippen LogP contribution in [0.25, 0.3) is 0 Å². The van der Waals surface area contributed by atoms with Gasteiger partial charge in [0.05, 0.1) is 18.1 Å². The van der Waals surface area contributed by atoms with Gasteiger partial charge in [0.25, 0.3) is 0 Å². The van der Waals surface area contributed by atoms with Gasteiger partial charge in [-0.3, -0.25) is 9.69 Å². The van der Waals surface area contributed by atoms with E-state index in [2.05, 4.69) is 10.2 Å². The van der Waals surface area contributed by atoms with Gasteiger partial charge in [-0.2, -0.15) is 0 Å². The molecule has 1 amide bonds. The summed E-state index contributed by atoms with van der Waals surface area (Å²) < 4.78 is 0. The lowest BCUT2D eigenvalue weighted by molar-refractivity contribution is -0.123. The molecule has 0 aromatic heterocycles. The Morgan fingerprint density at radius 3 is 2.58 bits per heavy atom. The second-order valence-corrected chi connectivity index (χ2v) is 7.02. The van der Waals surface area contributed by atoms with E-state index >= 15 is 0 Å². The van der Waals surface area contributed by atoms with Gasteiger partial charge in [-0.05, 0) is 30.5 Å². The van der Waals surface area contributed by atoms with Gasteiger partial charge in [0.2, 0.25) is 5.91 Å². The van der Waals surface area contributed by atoms with Crippen molar-refractivity contribution in [1.29, 1.82) is 0 Å². The first kappa shape index (κ1) is 18.4. The van der Waals surface area contributed by atoms with E-state index in [4.69, 9.17) is 5.73 Å². The first-order valence-electron chi connectivity index (χ1n) is 9.14. The first-order valence-corrected chi connectivity index (χ1v) is 9.14. The Kier molecular flexibility index (Phi) is 5.91. The number of hydrogen-bond acceptors (Lipinski definition) is 4. The maximum Gasteiger partial charge on any atom is 0.227 e. The lowest BCUT2D eigenvalue weighted by Gasteiger charge is -2.26. The van der Waals surface area contributed by atoms with Gasteiger partial charge < -0.3 is 16.2 Å². The number of amides is 1. The molecule has 1 saturated heterocycles. The first-order chi connectivity index (χ1) is 12.5. The number of hydrogen-bond donors (Lipinski definition) is 3. The molecule has 1 heterocycles. The lowest BCUT2D eigenvalue weighted by Crippen LogP contribution is -2.39. The molecule has 3 atom stereocenters. The molecule has 2 aromatic carbocycles. The summed E-state index contributed by atoms with van der Waals surface area (Å²) in [5, 5.41) is 13.0. The molecule has 0 spiro atoms. The summed E-state index contributed by atoms with van der Waals surface area (Å²) in [7, 11) is 0. The van der Waals surface area contributed by atoms with Crippen molar-refractivity contribution in [3.8, 4) is 0 Å². The molecule has 0 saturated carbocycles. The number of anilines is 1. The third-order valence-corrected chi connectivity index (χ3v) is 5.06. The van der Waals surface area contributed by atoms with Crippen LogP contribution in [-0.4, -0.2) is 41.7 Å². The van der Waals surface area contributed by atoms with E-state index < -0.39 is 0 Å². The molecule has 2 unspecified atom stereocenters. The summed E-state index contributed by atoms with van der Waals surface area (Å²) in [5.74, 6) is -0.372. The van der Waals surface area contributed by atoms with Gasteiger partial charge in [0.1, 0.15) is 0 Å². The molecule has 2 aromatic rings. The SMILES string of the molecule is CC(C(=O)N[C@H](CN1CCC(O)C1)c1ccccc1)c1ccccc1N. The molecule has 4 N–H and O–H groups in total. The number of rotatable bonds is 6. The van der Waals surface area contributed by atoms with E-state index in [1.54, 1.807) is 0 Å². The Labute approximate surface area is 154 Å². The number of carbonyl (C=O) groups excluding carboxylic acids is 1. The van der Waals surface area contributed by atoms with Gasteiger partial charge in [-0.1, -0.05) is 48.5 Å². The van der Waals surface area contributed by atoms with Gasteiger partial charge >= 0.3 is 0 Å². The van der Waals surface area contributed by atoms with Crippen molar-refractivity contribution >= 4 is 11.6 Å². The van der Waals surface area contributed by atoms with Crippen LogP contribution in [0, 0.1) is 0 Å². The number of para-hydroxylation sites is 1. The maximum absolute atomic E-state index is 12.9. The molecular formula is C21H27N3O2. The highest BCUT2D eigenvalue weighted by Crippen LogP contribution is 2.24. The topological polar surface area (TPSA) is 78.6 Å². The monoisotopic (exact) mass is 353 g/mol. The Morgan fingerprint density at radius 1 is 1.23 bits per heavy atom. The van der Waals surface area contributed by atoms with Crippen LogP contribution in [-0.2, 0) is 4.79 Å². The fourth-order valence-electron chi connectivity index (χ4n) is 3.50. The minimum Gasteiger partial charge on any atom is -0.398 e. The van der Waals surface area contributed by atoms with Gasteiger partial charge in [0.15, 0.2) is 0 Å². The molecular weight excluding hydrogens is 326 g/mol. The molecule has 1 fully saturated rings. The van der Waals surface area contributed by atoms with E-state index in [0.29, 0.717) is 18.8 Å². The zero-order valence-electron chi connectivity index (χ0n) is 15.1. The lowest BCUT2D eigenvalue weighted by atomic mass is 9.97. The average molecular weight is 353 g/mol. The standard InChI is InChI=1S/C21H27N3O2/c1-15(18-9-5-6-10-19(18)22)21(26)23-20(16-7-3-2-4-8-16)14-24-12-11-17(25)13-24/h2-10,15,17,20,25H,11-14,22H2,1H3,(H,23,26)/t15?,17?,20-/m1/s1. The smallest absolute Gasteiger partial charge is 0.227 e. The zero-order valence-corrected chi connectivity index (χ0v) is 15.1. The third kappa shape index (κ3) is 4.42. The predicted octanol–water partition coefficient (Wildman–Crippen LogP) is 2.30. The van der Waals surface area contributed by atoms with Crippen LogP contribution in [0.5, 0.6) is 0 Å². The number of nitrogens with two attached hydrogens (primary N) is 1. The predicted molar refractivity (Wildman–Crippen MR) is 104 cm³/mol.